The van der Waals surface area contributed by atoms with Crippen molar-refractivity contribution in [2.75, 3.05) is 9.80 Å². The van der Waals surface area contributed by atoms with Crippen LogP contribution < -0.4 is 9.80 Å². The Morgan fingerprint density at radius 3 is 0.910 bits per heavy atom. The van der Waals surface area contributed by atoms with Crippen LogP contribution in [0.4, 0.5) is 66.7 Å². The van der Waals surface area contributed by atoms with E-state index >= 15 is 0 Å². The molecule has 0 aliphatic heterocycles. The standard InChI is InChI=1S/2C25H22F5NO.2ClH.Ti/c2*1-13(2)15-10-16(25(32)18(11-15)14(3)4)12-31(17-8-6-5-7-9-17)24-22(29)20(27)19(26)21(28)23(24)30;;;/h2*5-14H,1-4H3;2*1H;/q;;;;+2/p-2. The number of nitrogens with zero attached hydrogens (tertiary/aromatic N) is 2. The zero-order valence-corrected chi connectivity index (χ0v) is 40.4. The van der Waals surface area contributed by atoms with Crippen molar-refractivity contribution in [2.45, 2.75) is 55.4 Å². The fraction of sp³-hybridized carbons (Fsp3) is 0.240. The summed E-state index contributed by atoms with van der Waals surface area (Å²) in [5.41, 5.74) is 0.685. The number of carbonyl (C=O) groups excluding carboxylic acids is 2. The second-order valence-corrected chi connectivity index (χ2v) is 18.8. The molecule has 0 fully saturated rings. The average molecular weight is 1010 g/mol. The number of allylic oxidation sites excluding steroid dienone is 10. The Morgan fingerprint density at radius 1 is 0.418 bits per heavy atom. The molecule has 2 aliphatic rings. The Morgan fingerprint density at radius 2 is 0.672 bits per heavy atom. The monoisotopic (exact) mass is 1010 g/mol. The molecule has 0 spiro atoms. The van der Waals surface area contributed by atoms with Crippen molar-refractivity contribution in [3.05, 3.63) is 189 Å². The van der Waals surface area contributed by atoms with Crippen LogP contribution in [-0.4, -0.2) is 11.6 Å². The van der Waals surface area contributed by atoms with Crippen LogP contribution in [0.25, 0.3) is 0 Å². The number of rotatable bonds is 10. The van der Waals surface area contributed by atoms with Gasteiger partial charge in [0.2, 0.25) is 11.6 Å². The molecule has 67 heavy (non-hydrogen) atoms. The molecular formula is C50H44Cl2F10N2O2Ti. The molecular weight excluding hydrogens is 969 g/mol. The maximum absolute atomic E-state index is 14.7. The van der Waals surface area contributed by atoms with Gasteiger partial charge in [0.05, 0.1) is 0 Å². The topological polar surface area (TPSA) is 40.6 Å². The van der Waals surface area contributed by atoms with Crippen molar-refractivity contribution in [1.82, 2.24) is 0 Å². The number of Topliss-reactive ketones (excluding diaryl/α,β-unsaturated/α-hetero) is 2. The Hall–Kier alpha value is -5.15. The molecule has 0 N–H and O–H groups in total. The van der Waals surface area contributed by atoms with Gasteiger partial charge in [-0.15, -0.1) is 0 Å². The van der Waals surface area contributed by atoms with Gasteiger partial charge in [-0.05, 0) is 71.2 Å². The van der Waals surface area contributed by atoms with Crippen molar-refractivity contribution in [1.29, 1.82) is 0 Å². The van der Waals surface area contributed by atoms with Crippen LogP contribution in [0.15, 0.2) is 131 Å². The van der Waals surface area contributed by atoms with Gasteiger partial charge in [-0.2, -0.15) is 0 Å². The molecule has 0 unspecified atom stereocenters. The summed E-state index contributed by atoms with van der Waals surface area (Å²) in [4.78, 5) is 27.8. The second kappa shape index (κ2) is 23.7. The minimum absolute atomic E-state index is 0.0413. The molecule has 4 aromatic rings. The van der Waals surface area contributed by atoms with Gasteiger partial charge in [0, 0.05) is 46.1 Å². The second-order valence-electron chi connectivity index (χ2n) is 16.3. The van der Waals surface area contributed by atoms with Crippen molar-refractivity contribution in [3.63, 3.8) is 0 Å². The van der Waals surface area contributed by atoms with Crippen molar-refractivity contribution in [2.24, 2.45) is 23.7 Å². The van der Waals surface area contributed by atoms with Crippen LogP contribution in [0.2, 0.25) is 0 Å². The van der Waals surface area contributed by atoms with E-state index in [-0.39, 0.29) is 57.8 Å². The predicted octanol–water partition coefficient (Wildman–Crippen LogP) is 15.7. The summed E-state index contributed by atoms with van der Waals surface area (Å²) in [5.74, 6) is -21.6. The van der Waals surface area contributed by atoms with Crippen molar-refractivity contribution < 1.29 is 70.5 Å². The molecule has 0 amide bonds. The summed E-state index contributed by atoms with van der Waals surface area (Å²) < 4.78 is 142. The first-order chi connectivity index (χ1) is 31.5. The summed E-state index contributed by atoms with van der Waals surface area (Å²) in [6.45, 7) is 15.0. The predicted molar refractivity (Wildman–Crippen MR) is 239 cm³/mol. The van der Waals surface area contributed by atoms with Gasteiger partial charge >= 0.3 is 35.6 Å². The van der Waals surface area contributed by atoms with Crippen LogP contribution in [0, 0.1) is 81.8 Å². The Labute approximate surface area is 399 Å². The third-order valence-corrected chi connectivity index (χ3v) is 10.4. The van der Waals surface area contributed by atoms with E-state index in [4.69, 9.17) is 18.6 Å². The Balaban J connectivity index is 0.000000276. The molecule has 0 saturated heterocycles. The van der Waals surface area contributed by atoms with Gasteiger partial charge in [0.1, 0.15) is 11.4 Å². The van der Waals surface area contributed by atoms with Crippen LogP contribution in [0.1, 0.15) is 55.4 Å². The quantitative estimate of drug-likeness (QED) is 0.0522. The molecule has 17 heteroatoms. The number of anilines is 4. The van der Waals surface area contributed by atoms with Gasteiger partial charge in [-0.3, -0.25) is 9.59 Å². The Bertz CT molecular complexity index is 2460. The molecule has 0 atom stereocenters. The molecule has 0 radical (unpaired) electrons. The van der Waals surface area contributed by atoms with Gasteiger partial charge in [0.15, 0.2) is 58.1 Å². The van der Waals surface area contributed by atoms with E-state index in [2.05, 4.69) is 0 Å². The maximum atomic E-state index is 14.7. The van der Waals surface area contributed by atoms with Crippen LogP contribution in [0.5, 0.6) is 0 Å². The van der Waals surface area contributed by atoms with E-state index in [1.807, 2.05) is 55.4 Å². The summed E-state index contributed by atoms with van der Waals surface area (Å²) in [7, 11) is 9.78. The van der Waals surface area contributed by atoms with Gasteiger partial charge < -0.3 is 9.80 Å². The number of hydrogen-bond acceptors (Lipinski definition) is 4. The van der Waals surface area contributed by atoms with E-state index < -0.39 is 86.6 Å². The van der Waals surface area contributed by atoms with Gasteiger partial charge in [-0.1, -0.05) is 104 Å². The third kappa shape index (κ3) is 12.3. The molecule has 0 aromatic heterocycles. The molecule has 6 rings (SSSR count). The van der Waals surface area contributed by atoms with Crippen LogP contribution in [-0.2, 0) is 26.6 Å². The van der Waals surface area contributed by atoms with Gasteiger partial charge in [0.25, 0.3) is 0 Å². The van der Waals surface area contributed by atoms with Crippen LogP contribution in [0.3, 0.4) is 0 Å². The van der Waals surface area contributed by atoms with Crippen molar-refractivity contribution >= 4 is 52.9 Å². The van der Waals surface area contributed by atoms with E-state index in [0.29, 0.717) is 11.1 Å². The molecule has 0 heterocycles. The summed E-state index contributed by atoms with van der Waals surface area (Å²) in [5, 5.41) is 0. The van der Waals surface area contributed by atoms with Crippen LogP contribution >= 0.6 is 18.6 Å². The first kappa shape index (κ1) is 54.5. The minimum atomic E-state index is -2.25. The van der Waals surface area contributed by atoms with Gasteiger partial charge in [-0.25, -0.2) is 43.9 Å². The zero-order chi connectivity index (χ0) is 50.2. The number of para-hydroxylation sites is 2. The normalized spacial score (nSPS) is 15.0. The fourth-order valence-corrected chi connectivity index (χ4v) is 6.71. The molecule has 4 aromatic carbocycles. The third-order valence-electron chi connectivity index (χ3n) is 10.4. The number of hydrogen-bond donors (Lipinski definition) is 0. The summed E-state index contributed by atoms with van der Waals surface area (Å²) in [6.07, 6.45) is 8.93. The first-order valence-corrected chi connectivity index (χ1v) is 24.9. The molecule has 354 valence electrons. The summed E-state index contributed by atoms with van der Waals surface area (Å²) in [6, 6.07) is 15.2. The SMILES string of the molecule is CC(C)C1=CC(=CN(c2ccccc2)c2c(F)c(F)c(F)c(F)c2F)C(=O)C(C(C)C)=C1.CC(C)C1=CC(=CN(c2ccccc2)c2c(F)c(F)c(F)c(F)c2F)C(=O)C(C(C)C)=C1.[Cl][Ti][Cl]. The van der Waals surface area contributed by atoms with E-state index in [1.54, 1.807) is 60.7 Å². The number of carbonyl (C=O) groups is 2. The number of halogens is 12. The van der Waals surface area contributed by atoms with E-state index in [9.17, 15) is 53.5 Å². The van der Waals surface area contributed by atoms with Crippen molar-refractivity contribution in [3.8, 4) is 0 Å². The molecule has 0 bridgehead atoms. The van der Waals surface area contributed by atoms with E-state index in [1.165, 1.54) is 24.3 Å². The first-order valence-electron chi connectivity index (χ1n) is 20.6. The molecule has 0 saturated carbocycles. The Kier molecular flexibility index (Phi) is 19.3. The number of ketones is 2. The van der Waals surface area contributed by atoms with E-state index in [0.717, 1.165) is 33.3 Å². The fourth-order valence-electron chi connectivity index (χ4n) is 6.71. The number of benzene rings is 4. The molecule has 2 aliphatic carbocycles. The summed E-state index contributed by atoms with van der Waals surface area (Å²) >= 11 is -0.556. The zero-order valence-electron chi connectivity index (χ0n) is 37.3. The average Bonchev–Trinajstić information content (AvgIpc) is 3.30. The molecule has 4 nitrogen and oxygen atoms in total.